The summed E-state index contributed by atoms with van der Waals surface area (Å²) in [6.45, 7) is 2.45. The number of aryl methyl sites for hydroxylation is 1. The molecule has 5 nitrogen and oxygen atoms in total. The van der Waals surface area contributed by atoms with Gasteiger partial charge in [0.1, 0.15) is 0 Å². The van der Waals surface area contributed by atoms with E-state index < -0.39 is 6.04 Å². The van der Waals surface area contributed by atoms with E-state index in [1.165, 1.54) is 0 Å². The molecular formula is C15H19N3O2S. The second-order valence-electron chi connectivity index (χ2n) is 4.71. The van der Waals surface area contributed by atoms with Crippen molar-refractivity contribution in [2.75, 3.05) is 19.0 Å². The van der Waals surface area contributed by atoms with E-state index in [-0.39, 0.29) is 5.91 Å². The van der Waals surface area contributed by atoms with Crippen molar-refractivity contribution in [3.8, 4) is 11.3 Å². The van der Waals surface area contributed by atoms with Gasteiger partial charge in [-0.3, -0.25) is 4.79 Å². The second kappa shape index (κ2) is 7.31. The highest BCUT2D eigenvalue weighted by Gasteiger charge is 2.13. The standard InChI is InChI=1S/C15H19N3O2S/c1-10-17-14(9-21-10)11-3-5-12(6-4-11)18-15(19)13(16)7-8-20-2/h3-6,9,13H,7-8,16H2,1-2H3,(H,18,19). The Kier molecular flexibility index (Phi) is 5.44. The van der Waals surface area contributed by atoms with Gasteiger partial charge in [0.15, 0.2) is 0 Å². The molecule has 2 aromatic rings. The van der Waals surface area contributed by atoms with Crippen LogP contribution in [-0.4, -0.2) is 30.6 Å². The smallest absolute Gasteiger partial charge is 0.241 e. The maximum Gasteiger partial charge on any atom is 0.241 e. The van der Waals surface area contributed by atoms with E-state index in [0.29, 0.717) is 13.0 Å². The minimum Gasteiger partial charge on any atom is -0.385 e. The monoisotopic (exact) mass is 305 g/mol. The van der Waals surface area contributed by atoms with Crippen LogP contribution in [0.2, 0.25) is 0 Å². The summed E-state index contributed by atoms with van der Waals surface area (Å²) in [5, 5.41) is 5.85. The van der Waals surface area contributed by atoms with Crippen LogP contribution in [0.25, 0.3) is 11.3 Å². The van der Waals surface area contributed by atoms with Gasteiger partial charge in [0.2, 0.25) is 5.91 Å². The minimum absolute atomic E-state index is 0.204. The van der Waals surface area contributed by atoms with E-state index in [9.17, 15) is 4.79 Å². The average Bonchev–Trinajstić information content (AvgIpc) is 2.92. The van der Waals surface area contributed by atoms with Gasteiger partial charge in [-0.25, -0.2) is 4.98 Å². The zero-order valence-corrected chi connectivity index (χ0v) is 12.9. The number of carbonyl (C=O) groups excluding carboxylic acids is 1. The van der Waals surface area contributed by atoms with Gasteiger partial charge in [0.05, 0.1) is 16.7 Å². The second-order valence-corrected chi connectivity index (χ2v) is 5.77. The van der Waals surface area contributed by atoms with Crippen LogP contribution < -0.4 is 11.1 Å². The van der Waals surface area contributed by atoms with Crippen LogP contribution in [0, 0.1) is 6.92 Å². The average molecular weight is 305 g/mol. The fraction of sp³-hybridized carbons (Fsp3) is 0.333. The van der Waals surface area contributed by atoms with Crippen LogP contribution in [-0.2, 0) is 9.53 Å². The Labute approximate surface area is 128 Å². The van der Waals surface area contributed by atoms with E-state index in [0.717, 1.165) is 22.0 Å². The quantitative estimate of drug-likeness (QED) is 0.859. The molecule has 1 aromatic heterocycles. The molecule has 0 aliphatic rings. The number of methoxy groups -OCH3 is 1. The molecule has 112 valence electrons. The first kappa shape index (κ1) is 15.6. The highest BCUT2D eigenvalue weighted by Crippen LogP contribution is 2.23. The van der Waals surface area contributed by atoms with Crippen LogP contribution in [0.3, 0.4) is 0 Å². The number of nitrogens with one attached hydrogen (secondary N) is 1. The summed E-state index contributed by atoms with van der Waals surface area (Å²) in [4.78, 5) is 16.3. The molecule has 0 spiro atoms. The van der Waals surface area contributed by atoms with Crippen LogP contribution in [0.1, 0.15) is 11.4 Å². The third kappa shape index (κ3) is 4.35. The molecule has 0 aliphatic heterocycles. The Hall–Kier alpha value is -1.76. The molecule has 6 heteroatoms. The molecule has 3 N–H and O–H groups in total. The topological polar surface area (TPSA) is 77.2 Å². The number of anilines is 1. The number of carbonyl (C=O) groups is 1. The van der Waals surface area contributed by atoms with Crippen LogP contribution in [0.5, 0.6) is 0 Å². The maximum absolute atomic E-state index is 11.9. The van der Waals surface area contributed by atoms with Crippen molar-refractivity contribution >= 4 is 22.9 Å². The number of nitrogens with two attached hydrogens (primary N) is 1. The van der Waals surface area contributed by atoms with Gasteiger partial charge in [0.25, 0.3) is 0 Å². The number of hydrogen-bond acceptors (Lipinski definition) is 5. The maximum atomic E-state index is 11.9. The van der Waals surface area contributed by atoms with E-state index >= 15 is 0 Å². The van der Waals surface area contributed by atoms with E-state index in [2.05, 4.69) is 10.3 Å². The lowest BCUT2D eigenvalue weighted by Crippen LogP contribution is -2.36. The lowest BCUT2D eigenvalue weighted by Gasteiger charge is -2.11. The zero-order valence-electron chi connectivity index (χ0n) is 12.1. The van der Waals surface area contributed by atoms with Crippen molar-refractivity contribution in [1.82, 2.24) is 4.98 Å². The molecule has 0 radical (unpaired) electrons. The fourth-order valence-corrected chi connectivity index (χ4v) is 2.45. The summed E-state index contributed by atoms with van der Waals surface area (Å²) >= 11 is 1.62. The number of amides is 1. The first-order chi connectivity index (χ1) is 10.1. The van der Waals surface area contributed by atoms with Gasteiger partial charge >= 0.3 is 0 Å². The number of rotatable bonds is 6. The molecule has 1 unspecified atom stereocenters. The number of aromatic nitrogens is 1. The van der Waals surface area contributed by atoms with Gasteiger partial charge in [-0.1, -0.05) is 12.1 Å². The van der Waals surface area contributed by atoms with Gasteiger partial charge in [-0.15, -0.1) is 11.3 Å². The van der Waals surface area contributed by atoms with Gasteiger partial charge in [0, 0.05) is 30.3 Å². The first-order valence-electron chi connectivity index (χ1n) is 6.68. The van der Waals surface area contributed by atoms with Crippen LogP contribution >= 0.6 is 11.3 Å². The van der Waals surface area contributed by atoms with Gasteiger partial charge in [-0.2, -0.15) is 0 Å². The molecule has 21 heavy (non-hydrogen) atoms. The Balaban J connectivity index is 1.97. The van der Waals surface area contributed by atoms with E-state index in [4.69, 9.17) is 10.5 Å². The first-order valence-corrected chi connectivity index (χ1v) is 7.56. The van der Waals surface area contributed by atoms with Crippen molar-refractivity contribution in [2.45, 2.75) is 19.4 Å². The van der Waals surface area contributed by atoms with Crippen molar-refractivity contribution in [2.24, 2.45) is 5.73 Å². The Morgan fingerprint density at radius 1 is 1.43 bits per heavy atom. The van der Waals surface area contributed by atoms with E-state index in [1.807, 2.05) is 36.6 Å². The van der Waals surface area contributed by atoms with Crippen molar-refractivity contribution in [3.05, 3.63) is 34.7 Å². The van der Waals surface area contributed by atoms with Crippen molar-refractivity contribution in [1.29, 1.82) is 0 Å². The Morgan fingerprint density at radius 3 is 2.71 bits per heavy atom. The third-order valence-electron chi connectivity index (χ3n) is 3.04. The number of hydrogen-bond donors (Lipinski definition) is 2. The fourth-order valence-electron chi connectivity index (χ4n) is 1.83. The minimum atomic E-state index is -0.564. The predicted molar refractivity (Wildman–Crippen MR) is 85.4 cm³/mol. The molecule has 0 saturated carbocycles. The van der Waals surface area contributed by atoms with Crippen LogP contribution in [0.15, 0.2) is 29.6 Å². The predicted octanol–water partition coefficient (Wildman–Crippen LogP) is 2.42. The molecule has 0 bridgehead atoms. The number of thiazole rings is 1. The van der Waals surface area contributed by atoms with E-state index in [1.54, 1.807) is 18.4 Å². The lowest BCUT2D eigenvalue weighted by atomic mass is 10.1. The van der Waals surface area contributed by atoms with Crippen molar-refractivity contribution in [3.63, 3.8) is 0 Å². The molecule has 0 aliphatic carbocycles. The summed E-state index contributed by atoms with van der Waals surface area (Å²) in [7, 11) is 1.59. The zero-order chi connectivity index (χ0) is 15.2. The molecule has 1 aromatic carbocycles. The lowest BCUT2D eigenvalue weighted by molar-refractivity contribution is -0.117. The summed E-state index contributed by atoms with van der Waals surface area (Å²) in [5.41, 5.74) is 8.48. The third-order valence-corrected chi connectivity index (χ3v) is 3.81. The van der Waals surface area contributed by atoms with Crippen LogP contribution in [0.4, 0.5) is 5.69 Å². The highest BCUT2D eigenvalue weighted by atomic mass is 32.1. The molecule has 1 amide bonds. The molecule has 0 saturated heterocycles. The number of benzene rings is 1. The normalized spacial score (nSPS) is 12.1. The summed E-state index contributed by atoms with van der Waals surface area (Å²) in [6.07, 6.45) is 0.499. The molecular weight excluding hydrogens is 286 g/mol. The molecule has 0 fully saturated rings. The molecule has 2 rings (SSSR count). The summed E-state index contributed by atoms with van der Waals surface area (Å²) in [6, 6.07) is 7.01. The summed E-state index contributed by atoms with van der Waals surface area (Å²) in [5.74, 6) is -0.204. The highest BCUT2D eigenvalue weighted by molar-refractivity contribution is 7.09. The number of nitrogens with zero attached hydrogens (tertiary/aromatic N) is 1. The Morgan fingerprint density at radius 2 is 2.14 bits per heavy atom. The molecule has 1 atom stereocenters. The largest absolute Gasteiger partial charge is 0.385 e. The van der Waals surface area contributed by atoms with Gasteiger partial charge < -0.3 is 15.8 Å². The van der Waals surface area contributed by atoms with Gasteiger partial charge in [-0.05, 0) is 25.5 Å². The molecule has 1 heterocycles. The number of ether oxygens (including phenoxy) is 1. The van der Waals surface area contributed by atoms with Crippen molar-refractivity contribution < 1.29 is 9.53 Å². The summed E-state index contributed by atoms with van der Waals surface area (Å²) < 4.78 is 4.91. The Bertz CT molecular complexity index is 595. The SMILES string of the molecule is COCCC(N)C(=O)Nc1ccc(-c2csc(C)n2)cc1.